The lowest BCUT2D eigenvalue weighted by Crippen LogP contribution is -2.52. The van der Waals surface area contributed by atoms with Crippen molar-refractivity contribution in [2.24, 2.45) is 0 Å². The van der Waals surface area contributed by atoms with Crippen molar-refractivity contribution in [3.63, 3.8) is 0 Å². The van der Waals surface area contributed by atoms with Crippen LogP contribution in [0.3, 0.4) is 0 Å². The summed E-state index contributed by atoms with van der Waals surface area (Å²) in [6.45, 7) is 3.65. The average Bonchev–Trinajstić information content (AvgIpc) is 2.77. The lowest BCUT2D eigenvalue weighted by molar-refractivity contribution is -0.140. The van der Waals surface area contributed by atoms with Crippen molar-refractivity contribution in [3.8, 4) is 5.75 Å². The summed E-state index contributed by atoms with van der Waals surface area (Å²) in [5.74, 6) is -0.567. The zero-order valence-corrected chi connectivity index (χ0v) is 20.8. The lowest BCUT2D eigenvalue weighted by Gasteiger charge is -2.33. The number of nitrogens with one attached hydrogen (secondary N) is 1. The van der Waals surface area contributed by atoms with Crippen LogP contribution < -0.4 is 14.4 Å². The third kappa shape index (κ3) is 7.10. The Hall–Kier alpha value is -2.78. The van der Waals surface area contributed by atoms with E-state index in [9.17, 15) is 18.0 Å². The molecule has 33 heavy (non-hydrogen) atoms. The monoisotopic (exact) mass is 495 g/mol. The largest absolute Gasteiger partial charge is 0.495 e. The maximum absolute atomic E-state index is 13.5. The molecule has 0 aliphatic rings. The normalized spacial score (nSPS) is 12.0. The van der Waals surface area contributed by atoms with E-state index in [0.29, 0.717) is 18.0 Å². The molecule has 0 spiro atoms. The van der Waals surface area contributed by atoms with Gasteiger partial charge in [0, 0.05) is 18.1 Å². The van der Waals surface area contributed by atoms with Crippen LogP contribution >= 0.6 is 11.6 Å². The van der Waals surface area contributed by atoms with Gasteiger partial charge in [-0.05, 0) is 37.1 Å². The Morgan fingerprint density at radius 2 is 1.79 bits per heavy atom. The Balaban J connectivity index is 2.48. The summed E-state index contributed by atoms with van der Waals surface area (Å²) in [6, 6.07) is 13.0. The van der Waals surface area contributed by atoms with Gasteiger partial charge in [0.15, 0.2) is 0 Å². The number of likely N-dealkylation sites (N-methyl/N-ethyl adjacent to an activating group) is 1. The highest BCUT2D eigenvalue weighted by atomic mass is 35.5. The predicted molar refractivity (Wildman–Crippen MR) is 130 cm³/mol. The SMILES string of the molecule is CCNC(=O)C(CC)N(Cc1ccccc1)C(=O)CN(c1cc(Cl)ccc1OC)S(C)(=O)=O. The Morgan fingerprint density at radius 3 is 2.33 bits per heavy atom. The van der Waals surface area contributed by atoms with Crippen molar-refractivity contribution in [1.29, 1.82) is 0 Å². The van der Waals surface area contributed by atoms with Crippen LogP contribution in [0.4, 0.5) is 5.69 Å². The quantitative estimate of drug-likeness (QED) is 0.517. The second-order valence-corrected chi connectivity index (χ2v) is 9.75. The molecule has 1 atom stereocenters. The molecule has 2 rings (SSSR count). The Kier molecular flexibility index (Phi) is 9.55. The lowest BCUT2D eigenvalue weighted by atomic mass is 10.1. The van der Waals surface area contributed by atoms with E-state index in [-0.39, 0.29) is 23.9 Å². The molecule has 0 saturated carbocycles. The number of nitrogens with zero attached hydrogens (tertiary/aromatic N) is 2. The molecule has 0 aliphatic carbocycles. The first-order valence-electron chi connectivity index (χ1n) is 10.5. The molecule has 180 valence electrons. The first kappa shape index (κ1) is 26.5. The first-order chi connectivity index (χ1) is 15.6. The van der Waals surface area contributed by atoms with Gasteiger partial charge in [0.1, 0.15) is 18.3 Å². The van der Waals surface area contributed by atoms with Crippen LogP contribution in [0.2, 0.25) is 5.02 Å². The number of benzene rings is 2. The molecule has 1 unspecified atom stereocenters. The molecule has 0 aliphatic heterocycles. The molecule has 0 saturated heterocycles. The number of hydrogen-bond acceptors (Lipinski definition) is 5. The molecular weight excluding hydrogens is 466 g/mol. The molecular formula is C23H30ClN3O5S. The van der Waals surface area contributed by atoms with E-state index < -0.39 is 28.5 Å². The third-order valence-corrected chi connectivity index (χ3v) is 6.38. The standard InChI is InChI=1S/C23H30ClN3O5S/c1-5-19(23(29)25-6-2)26(15-17-10-8-7-9-11-17)22(28)16-27(33(4,30)31)20-14-18(24)12-13-21(20)32-3/h7-14,19H,5-6,15-16H2,1-4H3,(H,25,29). The number of carbonyl (C=O) groups excluding carboxylic acids is 2. The van der Waals surface area contributed by atoms with Gasteiger partial charge in [-0.2, -0.15) is 0 Å². The van der Waals surface area contributed by atoms with Gasteiger partial charge >= 0.3 is 0 Å². The number of sulfonamides is 1. The number of anilines is 1. The van der Waals surface area contributed by atoms with Gasteiger partial charge in [-0.3, -0.25) is 13.9 Å². The zero-order chi connectivity index (χ0) is 24.6. The van der Waals surface area contributed by atoms with Crippen LogP contribution in [0.5, 0.6) is 5.75 Å². The molecule has 0 radical (unpaired) electrons. The van der Waals surface area contributed by atoms with Crippen LogP contribution in [0.1, 0.15) is 25.8 Å². The summed E-state index contributed by atoms with van der Waals surface area (Å²) in [4.78, 5) is 27.7. The maximum Gasteiger partial charge on any atom is 0.244 e. The summed E-state index contributed by atoms with van der Waals surface area (Å²) in [5.41, 5.74) is 0.964. The van der Waals surface area contributed by atoms with Crippen LogP contribution in [0.25, 0.3) is 0 Å². The summed E-state index contributed by atoms with van der Waals surface area (Å²) in [5, 5.41) is 3.05. The first-order valence-corrected chi connectivity index (χ1v) is 12.8. The van der Waals surface area contributed by atoms with E-state index in [2.05, 4.69) is 5.32 Å². The minimum Gasteiger partial charge on any atom is -0.495 e. The van der Waals surface area contributed by atoms with Gasteiger partial charge < -0.3 is 15.0 Å². The highest BCUT2D eigenvalue weighted by Gasteiger charge is 2.32. The van der Waals surface area contributed by atoms with E-state index in [0.717, 1.165) is 16.1 Å². The number of halogens is 1. The number of rotatable bonds is 11. The van der Waals surface area contributed by atoms with Gasteiger partial charge in [-0.25, -0.2) is 8.42 Å². The van der Waals surface area contributed by atoms with Crippen molar-refractivity contribution in [1.82, 2.24) is 10.2 Å². The van der Waals surface area contributed by atoms with Crippen LogP contribution in [0, 0.1) is 0 Å². The topological polar surface area (TPSA) is 96.0 Å². The summed E-state index contributed by atoms with van der Waals surface area (Å²) < 4.78 is 31.6. The minimum absolute atomic E-state index is 0.145. The van der Waals surface area contributed by atoms with Gasteiger partial charge in [-0.1, -0.05) is 48.9 Å². The molecule has 2 aromatic rings. The molecule has 10 heteroatoms. The van der Waals surface area contributed by atoms with E-state index in [1.54, 1.807) is 19.9 Å². The van der Waals surface area contributed by atoms with Crippen LogP contribution in [-0.2, 0) is 26.2 Å². The van der Waals surface area contributed by atoms with E-state index in [1.807, 2.05) is 30.3 Å². The zero-order valence-electron chi connectivity index (χ0n) is 19.2. The highest BCUT2D eigenvalue weighted by Crippen LogP contribution is 2.33. The van der Waals surface area contributed by atoms with Gasteiger partial charge in [0.2, 0.25) is 21.8 Å². The Morgan fingerprint density at radius 1 is 1.12 bits per heavy atom. The second-order valence-electron chi connectivity index (χ2n) is 7.41. The smallest absolute Gasteiger partial charge is 0.244 e. The van der Waals surface area contributed by atoms with Gasteiger partial charge in [-0.15, -0.1) is 0 Å². The molecule has 0 aromatic heterocycles. The van der Waals surface area contributed by atoms with Gasteiger partial charge in [0.05, 0.1) is 19.1 Å². The number of methoxy groups -OCH3 is 1. The minimum atomic E-state index is -3.89. The van der Waals surface area contributed by atoms with Crippen molar-refractivity contribution in [3.05, 3.63) is 59.1 Å². The fraction of sp³-hybridized carbons (Fsp3) is 0.391. The fourth-order valence-electron chi connectivity index (χ4n) is 3.44. The van der Waals surface area contributed by atoms with Crippen molar-refractivity contribution in [2.75, 3.05) is 30.8 Å². The van der Waals surface area contributed by atoms with E-state index in [4.69, 9.17) is 16.3 Å². The summed E-state index contributed by atoms with van der Waals surface area (Å²) >= 11 is 6.10. The van der Waals surface area contributed by atoms with Crippen molar-refractivity contribution < 1.29 is 22.7 Å². The molecule has 2 aromatic carbocycles. The Bertz CT molecular complexity index is 1060. The number of amides is 2. The molecule has 0 heterocycles. The van der Waals surface area contributed by atoms with Crippen LogP contribution in [-0.4, -0.2) is 57.6 Å². The number of carbonyl (C=O) groups is 2. The summed E-state index contributed by atoms with van der Waals surface area (Å²) in [7, 11) is -2.48. The maximum atomic E-state index is 13.5. The molecule has 1 N–H and O–H groups in total. The molecule has 0 bridgehead atoms. The third-order valence-electron chi connectivity index (χ3n) is 5.02. The number of ether oxygens (including phenoxy) is 1. The predicted octanol–water partition coefficient (Wildman–Crippen LogP) is 3.06. The van der Waals surface area contributed by atoms with E-state index in [1.165, 1.54) is 24.1 Å². The van der Waals surface area contributed by atoms with Crippen molar-refractivity contribution >= 4 is 39.1 Å². The van der Waals surface area contributed by atoms with Crippen LogP contribution in [0.15, 0.2) is 48.5 Å². The fourth-order valence-corrected chi connectivity index (χ4v) is 4.46. The molecule has 0 fully saturated rings. The molecule has 8 nitrogen and oxygen atoms in total. The Labute approximate surface area is 200 Å². The summed E-state index contributed by atoms with van der Waals surface area (Å²) in [6.07, 6.45) is 1.37. The average molecular weight is 496 g/mol. The van der Waals surface area contributed by atoms with Crippen molar-refractivity contribution in [2.45, 2.75) is 32.9 Å². The molecule has 2 amide bonds. The highest BCUT2D eigenvalue weighted by molar-refractivity contribution is 7.92. The second kappa shape index (κ2) is 11.9. The van der Waals surface area contributed by atoms with E-state index >= 15 is 0 Å². The van der Waals surface area contributed by atoms with Gasteiger partial charge in [0.25, 0.3) is 0 Å². The number of hydrogen-bond donors (Lipinski definition) is 1.